The van der Waals surface area contributed by atoms with Gasteiger partial charge < -0.3 is 10.3 Å². The van der Waals surface area contributed by atoms with Crippen LogP contribution in [0.15, 0.2) is 24.3 Å². The molecule has 1 amide bonds. The quantitative estimate of drug-likeness (QED) is 0.908. The molecule has 0 fully saturated rings. The van der Waals surface area contributed by atoms with Gasteiger partial charge in [0.25, 0.3) is 5.91 Å². The number of Topliss-reactive ketones (excluding diaryl/α,β-unsaturated/α-hetero) is 1. The van der Waals surface area contributed by atoms with E-state index < -0.39 is 0 Å². The average Bonchev–Trinajstić information content (AvgIpc) is 2.86. The fraction of sp³-hybridized carbons (Fsp3) is 0.333. The van der Waals surface area contributed by atoms with Crippen molar-refractivity contribution >= 4 is 17.4 Å². The van der Waals surface area contributed by atoms with Crippen LogP contribution in [0.3, 0.4) is 0 Å². The molecule has 0 spiro atoms. The Morgan fingerprint density at radius 3 is 2.77 bits per heavy atom. The topological polar surface area (TPSA) is 62.0 Å². The largest absolute Gasteiger partial charge is 0.354 e. The van der Waals surface area contributed by atoms with Crippen LogP contribution in [0.4, 0.5) is 5.69 Å². The number of carbonyl (C=O) groups excluding carboxylic acids is 2. The summed E-state index contributed by atoms with van der Waals surface area (Å²) in [6, 6.07) is 7.78. The molecule has 0 radical (unpaired) electrons. The zero-order valence-corrected chi connectivity index (χ0v) is 13.0. The smallest absolute Gasteiger partial charge is 0.272 e. The second-order valence-electron chi connectivity index (χ2n) is 5.72. The Bertz CT molecular complexity index is 744. The number of nitrogens with one attached hydrogen (secondary N) is 2. The van der Waals surface area contributed by atoms with Gasteiger partial charge in [0, 0.05) is 23.4 Å². The predicted octanol–water partition coefficient (Wildman–Crippen LogP) is 3.66. The zero-order chi connectivity index (χ0) is 15.7. The monoisotopic (exact) mass is 296 g/mol. The first-order valence-electron chi connectivity index (χ1n) is 7.75. The van der Waals surface area contributed by atoms with Gasteiger partial charge in [0.05, 0.1) is 0 Å². The van der Waals surface area contributed by atoms with Crippen molar-refractivity contribution in [1.82, 2.24) is 4.98 Å². The molecule has 2 N–H and O–H groups in total. The summed E-state index contributed by atoms with van der Waals surface area (Å²) in [6.45, 7) is 3.90. The van der Waals surface area contributed by atoms with Crippen LogP contribution in [0.1, 0.15) is 57.4 Å². The Morgan fingerprint density at radius 2 is 2.05 bits per heavy atom. The fourth-order valence-electron chi connectivity index (χ4n) is 3.14. The van der Waals surface area contributed by atoms with Crippen LogP contribution in [0.5, 0.6) is 0 Å². The van der Waals surface area contributed by atoms with E-state index in [1.165, 1.54) is 0 Å². The van der Waals surface area contributed by atoms with Crippen LogP contribution >= 0.6 is 0 Å². The van der Waals surface area contributed by atoms with Gasteiger partial charge in [0.2, 0.25) is 0 Å². The molecule has 1 heterocycles. The summed E-state index contributed by atoms with van der Waals surface area (Å²) in [6.07, 6.45) is 3.12. The van der Waals surface area contributed by atoms with Gasteiger partial charge in [-0.25, -0.2) is 0 Å². The van der Waals surface area contributed by atoms with Gasteiger partial charge in [-0.05, 0) is 43.4 Å². The molecule has 0 saturated carbocycles. The van der Waals surface area contributed by atoms with E-state index in [2.05, 4.69) is 17.2 Å². The van der Waals surface area contributed by atoms with Gasteiger partial charge >= 0.3 is 0 Å². The maximum atomic E-state index is 12.6. The molecule has 1 aliphatic carbocycles. The van der Waals surface area contributed by atoms with Crippen LogP contribution in [0, 0.1) is 6.92 Å². The molecule has 22 heavy (non-hydrogen) atoms. The molecule has 0 atom stereocenters. The molecule has 0 aliphatic heterocycles. The number of ketones is 1. The molecule has 2 aromatic rings. The van der Waals surface area contributed by atoms with E-state index in [9.17, 15) is 9.59 Å². The van der Waals surface area contributed by atoms with Crippen LogP contribution in [0.2, 0.25) is 0 Å². The van der Waals surface area contributed by atoms with Gasteiger partial charge in [0.15, 0.2) is 5.78 Å². The normalized spacial score (nSPS) is 13.8. The van der Waals surface area contributed by atoms with E-state index in [0.717, 1.165) is 47.3 Å². The number of H-pyrrole nitrogens is 1. The maximum Gasteiger partial charge on any atom is 0.272 e. The van der Waals surface area contributed by atoms with E-state index in [4.69, 9.17) is 0 Å². The minimum Gasteiger partial charge on any atom is -0.354 e. The Morgan fingerprint density at radius 1 is 1.27 bits per heavy atom. The number of anilines is 1. The molecular formula is C18H20N2O2. The highest BCUT2D eigenvalue weighted by Gasteiger charge is 2.26. The highest BCUT2D eigenvalue weighted by molar-refractivity contribution is 6.08. The highest BCUT2D eigenvalue weighted by Crippen LogP contribution is 2.27. The lowest BCUT2D eigenvalue weighted by molar-refractivity contribution is 0.0971. The molecule has 3 rings (SSSR count). The van der Waals surface area contributed by atoms with Crippen LogP contribution in [-0.2, 0) is 12.8 Å². The number of para-hydroxylation sites is 1. The molecular weight excluding hydrogens is 276 g/mol. The number of aromatic amines is 1. The van der Waals surface area contributed by atoms with E-state index in [1.54, 1.807) is 0 Å². The lowest BCUT2D eigenvalue weighted by Gasteiger charge is -2.10. The number of benzene rings is 1. The molecule has 114 valence electrons. The number of fused-ring (bicyclic) bond motifs is 1. The van der Waals surface area contributed by atoms with Crippen molar-refractivity contribution in [3.63, 3.8) is 0 Å². The Balaban J connectivity index is 1.92. The summed E-state index contributed by atoms with van der Waals surface area (Å²) in [7, 11) is 0. The summed E-state index contributed by atoms with van der Waals surface area (Å²) < 4.78 is 0. The second kappa shape index (κ2) is 5.79. The van der Waals surface area contributed by atoms with Gasteiger partial charge in [-0.3, -0.25) is 9.59 Å². The number of amides is 1. The second-order valence-corrected chi connectivity index (χ2v) is 5.72. The first kappa shape index (κ1) is 14.6. The predicted molar refractivity (Wildman–Crippen MR) is 86.6 cm³/mol. The minimum atomic E-state index is -0.180. The average molecular weight is 296 g/mol. The highest BCUT2D eigenvalue weighted by atomic mass is 16.2. The lowest BCUT2D eigenvalue weighted by atomic mass is 9.94. The van der Waals surface area contributed by atoms with E-state index in [0.29, 0.717) is 12.1 Å². The molecule has 0 unspecified atom stereocenters. The Labute approximate surface area is 129 Å². The lowest BCUT2D eigenvalue weighted by Crippen LogP contribution is -2.15. The number of aromatic nitrogens is 1. The van der Waals surface area contributed by atoms with E-state index in [-0.39, 0.29) is 11.7 Å². The minimum absolute atomic E-state index is 0.142. The number of hydrogen-bond donors (Lipinski definition) is 2. The standard InChI is InChI=1S/C18H20N2O2/c1-3-12-7-4-5-8-13(12)20-18(22)17-11(2)16-14(19-17)9-6-10-15(16)21/h4-5,7-8,19H,3,6,9-10H2,1-2H3,(H,20,22). The third-order valence-electron chi connectivity index (χ3n) is 4.31. The fourth-order valence-corrected chi connectivity index (χ4v) is 3.14. The molecule has 1 aromatic carbocycles. The van der Waals surface area contributed by atoms with Crippen molar-refractivity contribution in [2.45, 2.75) is 39.5 Å². The van der Waals surface area contributed by atoms with Gasteiger partial charge in [-0.15, -0.1) is 0 Å². The molecule has 1 aliphatic rings. The summed E-state index contributed by atoms with van der Waals surface area (Å²) in [4.78, 5) is 27.8. The number of carbonyl (C=O) groups is 2. The zero-order valence-electron chi connectivity index (χ0n) is 13.0. The van der Waals surface area contributed by atoms with Gasteiger partial charge in [-0.2, -0.15) is 0 Å². The first-order valence-corrected chi connectivity index (χ1v) is 7.75. The third kappa shape index (κ3) is 2.45. The SMILES string of the molecule is CCc1ccccc1NC(=O)c1[nH]c2c(c1C)C(=O)CCC2. The molecule has 0 saturated heterocycles. The Hall–Kier alpha value is -2.36. The van der Waals surface area contributed by atoms with Crippen LogP contribution in [0.25, 0.3) is 0 Å². The molecule has 4 heteroatoms. The molecule has 0 bridgehead atoms. The maximum absolute atomic E-state index is 12.6. The number of hydrogen-bond acceptors (Lipinski definition) is 2. The summed E-state index contributed by atoms with van der Waals surface area (Å²) >= 11 is 0. The van der Waals surface area contributed by atoms with E-state index >= 15 is 0 Å². The first-order chi connectivity index (χ1) is 10.6. The third-order valence-corrected chi connectivity index (χ3v) is 4.31. The summed E-state index contributed by atoms with van der Waals surface area (Å²) in [5.41, 5.74) is 4.83. The van der Waals surface area contributed by atoms with Crippen LogP contribution < -0.4 is 5.32 Å². The van der Waals surface area contributed by atoms with Gasteiger partial charge in [-0.1, -0.05) is 25.1 Å². The van der Waals surface area contributed by atoms with Crippen molar-refractivity contribution in [2.75, 3.05) is 5.32 Å². The molecule has 4 nitrogen and oxygen atoms in total. The van der Waals surface area contributed by atoms with Crippen molar-refractivity contribution in [3.05, 3.63) is 52.3 Å². The number of aryl methyl sites for hydroxylation is 2. The molecule has 1 aromatic heterocycles. The summed E-state index contributed by atoms with van der Waals surface area (Å²) in [5, 5.41) is 2.96. The van der Waals surface area contributed by atoms with Crippen molar-refractivity contribution < 1.29 is 9.59 Å². The van der Waals surface area contributed by atoms with Crippen molar-refractivity contribution in [1.29, 1.82) is 0 Å². The number of rotatable bonds is 3. The van der Waals surface area contributed by atoms with Crippen molar-refractivity contribution in [3.8, 4) is 0 Å². The van der Waals surface area contributed by atoms with Crippen LogP contribution in [-0.4, -0.2) is 16.7 Å². The van der Waals surface area contributed by atoms with Crippen molar-refractivity contribution in [2.24, 2.45) is 0 Å². The summed E-state index contributed by atoms with van der Waals surface area (Å²) in [5.74, 6) is -0.0383. The van der Waals surface area contributed by atoms with Gasteiger partial charge in [0.1, 0.15) is 5.69 Å². The Kier molecular flexibility index (Phi) is 3.84. The van der Waals surface area contributed by atoms with E-state index in [1.807, 2.05) is 31.2 Å².